The lowest BCUT2D eigenvalue weighted by Crippen LogP contribution is -1.96. The average Bonchev–Trinajstić information content (AvgIpc) is 2.38. The van der Waals surface area contributed by atoms with Crippen LogP contribution in [0.1, 0.15) is 5.56 Å². The van der Waals surface area contributed by atoms with E-state index < -0.39 is 0 Å². The highest BCUT2D eigenvalue weighted by molar-refractivity contribution is 6.30. The number of nitrogen functional groups attached to an aromatic ring is 1. The second-order valence-electron chi connectivity index (χ2n) is 4.04. The Morgan fingerprint density at radius 3 is 2.67 bits per heavy atom. The summed E-state index contributed by atoms with van der Waals surface area (Å²) in [5, 5.41) is 11.4. The van der Waals surface area contributed by atoms with E-state index in [1.807, 2.05) is 24.3 Å². The zero-order chi connectivity index (χ0) is 12.7. The van der Waals surface area contributed by atoms with Crippen LogP contribution in [0.3, 0.4) is 0 Å². The van der Waals surface area contributed by atoms with E-state index in [0.717, 1.165) is 21.9 Å². The van der Waals surface area contributed by atoms with Gasteiger partial charge in [0.25, 0.3) is 0 Å². The molecule has 0 unspecified atom stereocenters. The molecule has 90 valence electrons. The van der Waals surface area contributed by atoms with E-state index in [1.54, 1.807) is 6.07 Å². The molecule has 0 aliphatic carbocycles. The average molecular weight is 260 g/mol. The van der Waals surface area contributed by atoms with Crippen LogP contribution in [0.2, 0.25) is 5.15 Å². The molecule has 0 bridgehead atoms. The number of rotatable bonds is 1. The first-order valence-corrected chi connectivity index (χ1v) is 5.82. The molecule has 0 atom stereocenters. The van der Waals surface area contributed by atoms with Crippen LogP contribution in [-0.4, -0.2) is 15.1 Å². The Kier molecular flexibility index (Phi) is 2.54. The molecule has 0 radical (unpaired) electrons. The van der Waals surface area contributed by atoms with Gasteiger partial charge in [-0.05, 0) is 23.8 Å². The summed E-state index contributed by atoms with van der Waals surface area (Å²) in [6.07, 6.45) is 0. The van der Waals surface area contributed by atoms with Crippen molar-refractivity contribution in [3.63, 3.8) is 0 Å². The molecule has 0 saturated carbocycles. The molecule has 0 aliphatic heterocycles. The lowest BCUT2D eigenvalue weighted by molar-refractivity contribution is 0.282. The Bertz CT molecular complexity index is 758. The molecule has 2 heterocycles. The molecule has 3 aromatic rings. The van der Waals surface area contributed by atoms with Crippen LogP contribution in [0.25, 0.3) is 21.8 Å². The van der Waals surface area contributed by atoms with E-state index in [2.05, 4.69) is 9.97 Å². The number of aliphatic hydroxyl groups excluding tert-OH is 1. The van der Waals surface area contributed by atoms with Gasteiger partial charge in [0.05, 0.1) is 12.1 Å². The van der Waals surface area contributed by atoms with Crippen LogP contribution in [0.5, 0.6) is 0 Å². The summed E-state index contributed by atoms with van der Waals surface area (Å²) in [7, 11) is 0. The number of fused-ring (bicyclic) bond motifs is 3. The number of hydrogen-bond donors (Lipinski definition) is 2. The van der Waals surface area contributed by atoms with Crippen LogP contribution in [0, 0.1) is 0 Å². The van der Waals surface area contributed by atoms with Gasteiger partial charge in [0.1, 0.15) is 10.7 Å². The Balaban J connectivity index is 2.46. The summed E-state index contributed by atoms with van der Waals surface area (Å²) in [6.45, 7) is -0.0194. The molecule has 0 saturated heterocycles. The van der Waals surface area contributed by atoms with Crippen LogP contribution >= 0.6 is 11.6 Å². The molecule has 18 heavy (non-hydrogen) atoms. The van der Waals surface area contributed by atoms with Gasteiger partial charge in [-0.25, -0.2) is 9.97 Å². The molecule has 3 N–H and O–H groups in total. The highest BCUT2D eigenvalue weighted by Gasteiger charge is 2.08. The Morgan fingerprint density at radius 2 is 1.89 bits per heavy atom. The number of aliphatic hydroxyl groups is 1. The number of aromatic nitrogens is 2. The van der Waals surface area contributed by atoms with E-state index >= 15 is 0 Å². The number of nitrogens with zero attached hydrogens (tertiary/aromatic N) is 2. The maximum Gasteiger partial charge on any atom is 0.150 e. The summed E-state index contributed by atoms with van der Waals surface area (Å²) in [5.74, 6) is 0.343. The minimum absolute atomic E-state index is 0.0194. The smallest absolute Gasteiger partial charge is 0.150 e. The van der Waals surface area contributed by atoms with Crippen LogP contribution in [0.15, 0.2) is 30.3 Å². The first-order chi connectivity index (χ1) is 8.69. The highest BCUT2D eigenvalue weighted by Crippen LogP contribution is 2.28. The Morgan fingerprint density at radius 1 is 1.11 bits per heavy atom. The van der Waals surface area contributed by atoms with E-state index in [9.17, 15) is 0 Å². The SMILES string of the molecule is Nc1nc2cc(CO)ccc2c2ccc(Cl)nc12. The molecular formula is C13H10ClN3O. The Hall–Kier alpha value is -1.91. The third kappa shape index (κ3) is 1.66. The first kappa shape index (κ1) is 11.2. The summed E-state index contributed by atoms with van der Waals surface area (Å²) in [6, 6.07) is 9.19. The first-order valence-electron chi connectivity index (χ1n) is 5.44. The molecule has 1 aromatic carbocycles. The molecular weight excluding hydrogens is 250 g/mol. The molecule has 0 fully saturated rings. The van der Waals surface area contributed by atoms with Crippen LogP contribution in [-0.2, 0) is 6.61 Å². The third-order valence-electron chi connectivity index (χ3n) is 2.88. The quantitative estimate of drug-likeness (QED) is 0.520. The topological polar surface area (TPSA) is 72.0 Å². The van der Waals surface area contributed by atoms with Gasteiger partial charge in [-0.15, -0.1) is 0 Å². The third-order valence-corrected chi connectivity index (χ3v) is 3.09. The Labute approximate surface area is 108 Å². The predicted molar refractivity (Wildman–Crippen MR) is 72.4 cm³/mol. The van der Waals surface area contributed by atoms with Crippen LogP contribution in [0.4, 0.5) is 5.82 Å². The van der Waals surface area contributed by atoms with Crippen molar-refractivity contribution in [1.82, 2.24) is 9.97 Å². The standard InChI is InChI=1S/C13H10ClN3O/c14-11-4-3-9-8-2-1-7(6-18)5-10(8)16-13(15)12(9)17-11/h1-5,18H,6H2,(H2,15,16). The van der Waals surface area contributed by atoms with E-state index in [1.165, 1.54) is 0 Å². The van der Waals surface area contributed by atoms with Crippen molar-refractivity contribution in [2.24, 2.45) is 0 Å². The van der Waals surface area contributed by atoms with Crippen molar-refractivity contribution in [2.45, 2.75) is 6.61 Å². The lowest BCUT2D eigenvalue weighted by atomic mass is 10.1. The maximum atomic E-state index is 9.13. The van der Waals surface area contributed by atoms with Crippen LogP contribution < -0.4 is 5.73 Å². The minimum atomic E-state index is -0.0194. The number of benzene rings is 1. The van der Waals surface area contributed by atoms with E-state index in [0.29, 0.717) is 16.5 Å². The molecule has 4 nitrogen and oxygen atoms in total. The molecule has 0 aliphatic rings. The minimum Gasteiger partial charge on any atom is -0.392 e. The number of anilines is 1. The second-order valence-corrected chi connectivity index (χ2v) is 4.42. The van der Waals surface area contributed by atoms with Crippen molar-refractivity contribution in [2.75, 3.05) is 5.73 Å². The van der Waals surface area contributed by atoms with Gasteiger partial charge in [0, 0.05) is 10.8 Å². The van der Waals surface area contributed by atoms with Gasteiger partial charge in [0.15, 0.2) is 5.82 Å². The molecule has 5 heteroatoms. The van der Waals surface area contributed by atoms with Crippen molar-refractivity contribution in [3.8, 4) is 0 Å². The van der Waals surface area contributed by atoms with Gasteiger partial charge < -0.3 is 10.8 Å². The normalized spacial score (nSPS) is 11.2. The largest absolute Gasteiger partial charge is 0.392 e. The molecule has 0 amide bonds. The molecule has 0 spiro atoms. The summed E-state index contributed by atoms with van der Waals surface area (Å²) in [5.41, 5.74) is 8.04. The number of hydrogen-bond acceptors (Lipinski definition) is 4. The van der Waals surface area contributed by atoms with Crippen molar-refractivity contribution in [1.29, 1.82) is 0 Å². The fourth-order valence-electron chi connectivity index (χ4n) is 2.03. The van der Waals surface area contributed by atoms with Gasteiger partial charge in [0.2, 0.25) is 0 Å². The molecule has 2 aromatic heterocycles. The molecule has 3 rings (SSSR count). The highest BCUT2D eigenvalue weighted by atomic mass is 35.5. The fraction of sp³-hybridized carbons (Fsp3) is 0.0769. The summed E-state index contributed by atoms with van der Waals surface area (Å²) >= 11 is 5.86. The van der Waals surface area contributed by atoms with Gasteiger partial charge in [-0.3, -0.25) is 0 Å². The number of pyridine rings is 2. The monoisotopic (exact) mass is 259 g/mol. The summed E-state index contributed by atoms with van der Waals surface area (Å²) < 4.78 is 0. The maximum absolute atomic E-state index is 9.13. The zero-order valence-corrected chi connectivity index (χ0v) is 10.1. The van der Waals surface area contributed by atoms with Gasteiger partial charge in [-0.1, -0.05) is 23.7 Å². The zero-order valence-electron chi connectivity index (χ0n) is 9.39. The van der Waals surface area contributed by atoms with Crippen molar-refractivity contribution >= 4 is 39.2 Å². The van der Waals surface area contributed by atoms with Gasteiger partial charge >= 0.3 is 0 Å². The lowest BCUT2D eigenvalue weighted by Gasteiger charge is -2.07. The van der Waals surface area contributed by atoms with E-state index in [-0.39, 0.29) is 6.61 Å². The summed E-state index contributed by atoms with van der Waals surface area (Å²) in [4.78, 5) is 8.50. The van der Waals surface area contributed by atoms with Gasteiger partial charge in [-0.2, -0.15) is 0 Å². The number of halogens is 1. The van der Waals surface area contributed by atoms with Crippen molar-refractivity contribution < 1.29 is 5.11 Å². The van der Waals surface area contributed by atoms with Crippen molar-refractivity contribution in [3.05, 3.63) is 41.0 Å². The second kappa shape index (κ2) is 4.08. The predicted octanol–water partition coefficient (Wildman–Crippen LogP) is 2.51. The van der Waals surface area contributed by atoms with E-state index in [4.69, 9.17) is 22.4 Å². The fourth-order valence-corrected chi connectivity index (χ4v) is 2.17. The number of nitrogens with two attached hydrogens (primary N) is 1.